The molecule has 0 fully saturated rings. The van der Waals surface area contributed by atoms with Crippen molar-refractivity contribution in [1.29, 1.82) is 0 Å². The highest BCUT2D eigenvalue weighted by molar-refractivity contribution is 9.10. The Morgan fingerprint density at radius 3 is 2.85 bits per heavy atom. The van der Waals surface area contributed by atoms with Crippen LogP contribution in [-0.4, -0.2) is 26.8 Å². The van der Waals surface area contributed by atoms with E-state index in [-0.39, 0.29) is 17.9 Å². The number of rotatable bonds is 5. The fraction of sp³-hybridized carbons (Fsp3) is 0.154. The molecule has 0 bridgehead atoms. The fourth-order valence-corrected chi connectivity index (χ4v) is 2.06. The summed E-state index contributed by atoms with van der Waals surface area (Å²) >= 11 is 3.15. The lowest BCUT2D eigenvalue weighted by Gasteiger charge is -2.07. The largest absolute Gasteiger partial charge is 0.478 e. The number of hydrogen-bond acceptors (Lipinski definition) is 3. The molecule has 1 amide bonds. The van der Waals surface area contributed by atoms with Crippen LogP contribution in [0.3, 0.4) is 0 Å². The number of carboxylic acids is 1. The minimum Gasteiger partial charge on any atom is -0.478 e. The van der Waals surface area contributed by atoms with Crippen LogP contribution in [0.1, 0.15) is 16.8 Å². The van der Waals surface area contributed by atoms with Gasteiger partial charge in [-0.15, -0.1) is 0 Å². The van der Waals surface area contributed by atoms with Gasteiger partial charge in [0.15, 0.2) is 0 Å². The van der Waals surface area contributed by atoms with Crippen molar-refractivity contribution in [2.75, 3.05) is 5.32 Å². The molecule has 0 aliphatic carbocycles. The number of nitrogens with zero attached hydrogens (tertiary/aromatic N) is 2. The first-order chi connectivity index (χ1) is 9.56. The van der Waals surface area contributed by atoms with Gasteiger partial charge >= 0.3 is 5.97 Å². The van der Waals surface area contributed by atoms with Crippen molar-refractivity contribution in [3.8, 4) is 0 Å². The maximum atomic E-state index is 11.8. The first-order valence-electron chi connectivity index (χ1n) is 5.86. The molecule has 20 heavy (non-hydrogen) atoms. The molecule has 1 heterocycles. The third kappa shape index (κ3) is 3.67. The summed E-state index contributed by atoms with van der Waals surface area (Å²) in [5, 5.41) is 15.7. The van der Waals surface area contributed by atoms with Crippen molar-refractivity contribution in [2.24, 2.45) is 0 Å². The lowest BCUT2D eigenvalue weighted by atomic mass is 10.2. The molecule has 104 valence electrons. The molecule has 7 heteroatoms. The molecule has 6 nitrogen and oxygen atoms in total. The van der Waals surface area contributed by atoms with E-state index < -0.39 is 5.97 Å². The number of carbonyl (C=O) groups is 2. The lowest BCUT2D eigenvalue weighted by molar-refractivity contribution is -0.116. The predicted molar refractivity (Wildman–Crippen MR) is 76.6 cm³/mol. The van der Waals surface area contributed by atoms with Crippen molar-refractivity contribution in [1.82, 2.24) is 9.78 Å². The maximum absolute atomic E-state index is 11.8. The molecule has 0 atom stereocenters. The van der Waals surface area contributed by atoms with Crippen LogP contribution in [0.15, 0.2) is 41.1 Å². The number of halogens is 1. The van der Waals surface area contributed by atoms with E-state index in [0.29, 0.717) is 16.7 Å². The Labute approximate surface area is 123 Å². The highest BCUT2D eigenvalue weighted by Crippen LogP contribution is 2.21. The van der Waals surface area contributed by atoms with Crippen LogP contribution in [0.4, 0.5) is 5.69 Å². The number of nitrogens with one attached hydrogen (secondary N) is 1. The number of hydrogen-bond donors (Lipinski definition) is 2. The van der Waals surface area contributed by atoms with Gasteiger partial charge in [0.05, 0.1) is 5.56 Å². The zero-order chi connectivity index (χ0) is 14.5. The smallest absolute Gasteiger partial charge is 0.336 e. The Hall–Kier alpha value is -2.15. The number of aryl methyl sites for hydroxylation is 1. The fourth-order valence-electron chi connectivity index (χ4n) is 1.64. The molecule has 0 radical (unpaired) electrons. The van der Waals surface area contributed by atoms with Gasteiger partial charge in [0.2, 0.25) is 5.91 Å². The summed E-state index contributed by atoms with van der Waals surface area (Å²) in [6.07, 6.45) is 3.68. The van der Waals surface area contributed by atoms with E-state index in [9.17, 15) is 9.59 Å². The zero-order valence-corrected chi connectivity index (χ0v) is 12.0. The summed E-state index contributed by atoms with van der Waals surface area (Å²) in [4.78, 5) is 22.7. The molecule has 1 aromatic heterocycles. The van der Waals surface area contributed by atoms with Crippen LogP contribution in [0.25, 0.3) is 0 Å². The standard InChI is InChI=1S/C13H12BrN3O3/c14-11-3-2-9(8-10(11)13(19)20)16-12(18)4-7-17-6-1-5-15-17/h1-3,5-6,8H,4,7H2,(H,16,18)(H,19,20). The molecule has 0 aliphatic rings. The summed E-state index contributed by atoms with van der Waals surface area (Å²) in [5.41, 5.74) is 0.561. The number of anilines is 1. The Balaban J connectivity index is 1.97. The number of carboxylic acid groups (broad SMARTS) is 1. The lowest BCUT2D eigenvalue weighted by Crippen LogP contribution is -2.15. The van der Waals surface area contributed by atoms with Gasteiger partial charge < -0.3 is 10.4 Å². The number of carbonyl (C=O) groups excluding carboxylic acids is 1. The van der Waals surface area contributed by atoms with Crippen LogP contribution in [0.2, 0.25) is 0 Å². The number of aromatic nitrogens is 2. The van der Waals surface area contributed by atoms with E-state index in [1.165, 1.54) is 6.07 Å². The second-order valence-corrected chi connectivity index (χ2v) is 4.92. The van der Waals surface area contributed by atoms with Gasteiger partial charge in [-0.25, -0.2) is 4.79 Å². The van der Waals surface area contributed by atoms with E-state index in [2.05, 4.69) is 26.3 Å². The monoisotopic (exact) mass is 337 g/mol. The number of aromatic carboxylic acids is 1. The summed E-state index contributed by atoms with van der Waals surface area (Å²) in [6, 6.07) is 6.43. The Kier molecular flexibility index (Phi) is 4.52. The van der Waals surface area contributed by atoms with Crippen LogP contribution in [0.5, 0.6) is 0 Å². The van der Waals surface area contributed by atoms with Gasteiger partial charge in [-0.3, -0.25) is 9.48 Å². The summed E-state index contributed by atoms with van der Waals surface area (Å²) < 4.78 is 2.13. The van der Waals surface area contributed by atoms with Crippen LogP contribution < -0.4 is 5.32 Å². The van der Waals surface area contributed by atoms with Crippen LogP contribution in [0, 0.1) is 0 Å². The van der Waals surface area contributed by atoms with Crippen molar-refractivity contribution in [3.05, 3.63) is 46.7 Å². The molecule has 2 aromatic rings. The van der Waals surface area contributed by atoms with Gasteiger partial charge in [0.25, 0.3) is 0 Å². The third-order valence-corrected chi connectivity index (χ3v) is 3.30. The average molecular weight is 338 g/mol. The van der Waals surface area contributed by atoms with E-state index in [0.717, 1.165) is 0 Å². The molecule has 2 N–H and O–H groups in total. The Morgan fingerprint density at radius 1 is 1.40 bits per heavy atom. The molecule has 0 spiro atoms. The van der Waals surface area contributed by atoms with Gasteiger partial charge in [-0.05, 0) is 40.2 Å². The molecule has 0 unspecified atom stereocenters. The van der Waals surface area contributed by atoms with E-state index in [1.807, 2.05) is 0 Å². The highest BCUT2D eigenvalue weighted by atomic mass is 79.9. The van der Waals surface area contributed by atoms with E-state index in [1.54, 1.807) is 35.3 Å². The van der Waals surface area contributed by atoms with Gasteiger partial charge in [0, 0.05) is 35.5 Å². The molecular weight excluding hydrogens is 326 g/mol. The quantitative estimate of drug-likeness (QED) is 0.877. The molecule has 0 saturated heterocycles. The van der Waals surface area contributed by atoms with Crippen molar-refractivity contribution in [2.45, 2.75) is 13.0 Å². The summed E-state index contributed by atoms with van der Waals surface area (Å²) in [5.74, 6) is -1.25. The Morgan fingerprint density at radius 2 is 2.20 bits per heavy atom. The second-order valence-electron chi connectivity index (χ2n) is 4.07. The topological polar surface area (TPSA) is 84.2 Å². The minimum atomic E-state index is -1.05. The van der Waals surface area contributed by atoms with E-state index >= 15 is 0 Å². The van der Waals surface area contributed by atoms with E-state index in [4.69, 9.17) is 5.11 Å². The SMILES string of the molecule is O=C(CCn1cccn1)Nc1ccc(Br)c(C(=O)O)c1. The molecule has 0 saturated carbocycles. The average Bonchev–Trinajstić information content (AvgIpc) is 2.91. The number of amides is 1. The van der Waals surface area contributed by atoms with Gasteiger partial charge in [-0.1, -0.05) is 0 Å². The third-order valence-electron chi connectivity index (χ3n) is 2.61. The maximum Gasteiger partial charge on any atom is 0.336 e. The summed E-state index contributed by atoms with van der Waals surface area (Å²) in [6.45, 7) is 0.473. The van der Waals surface area contributed by atoms with Crippen molar-refractivity contribution < 1.29 is 14.7 Å². The van der Waals surface area contributed by atoms with Crippen molar-refractivity contribution in [3.63, 3.8) is 0 Å². The molecule has 1 aromatic carbocycles. The van der Waals surface area contributed by atoms with Gasteiger partial charge in [0.1, 0.15) is 0 Å². The molecule has 0 aliphatic heterocycles. The molecule has 2 rings (SSSR count). The van der Waals surface area contributed by atoms with Crippen LogP contribution in [-0.2, 0) is 11.3 Å². The minimum absolute atomic E-state index is 0.106. The molecular formula is C13H12BrN3O3. The van der Waals surface area contributed by atoms with Gasteiger partial charge in [-0.2, -0.15) is 5.10 Å². The first-order valence-corrected chi connectivity index (χ1v) is 6.65. The summed E-state index contributed by atoms with van der Waals surface area (Å²) in [7, 11) is 0. The Bertz CT molecular complexity index is 626. The second kappa shape index (κ2) is 6.33. The normalized spacial score (nSPS) is 10.2. The highest BCUT2D eigenvalue weighted by Gasteiger charge is 2.10. The van der Waals surface area contributed by atoms with Crippen molar-refractivity contribution >= 4 is 33.5 Å². The zero-order valence-electron chi connectivity index (χ0n) is 10.4. The number of benzene rings is 1. The first kappa shape index (κ1) is 14.3. The van der Waals surface area contributed by atoms with Crippen LogP contribution >= 0.6 is 15.9 Å². The predicted octanol–water partition coefficient (Wildman–Crippen LogP) is 2.37.